The van der Waals surface area contributed by atoms with Crippen LogP contribution in [0.15, 0.2) is 60.9 Å². The van der Waals surface area contributed by atoms with Gasteiger partial charge in [0.2, 0.25) is 0 Å². The van der Waals surface area contributed by atoms with Crippen molar-refractivity contribution in [3.05, 3.63) is 77.6 Å². The average Bonchev–Trinajstić information content (AvgIpc) is 3.26. The molecular formula is C33H36FN3O3. The Kier molecular flexibility index (Phi) is 7.22. The Balaban J connectivity index is 1.53. The van der Waals surface area contributed by atoms with Gasteiger partial charge in [0.25, 0.3) is 0 Å². The highest BCUT2D eigenvalue weighted by molar-refractivity contribution is 5.99. The molecule has 0 spiro atoms. The highest BCUT2D eigenvalue weighted by atomic mass is 19.1. The van der Waals surface area contributed by atoms with Gasteiger partial charge in [0, 0.05) is 64.7 Å². The Morgan fingerprint density at radius 2 is 2.00 bits per heavy atom. The van der Waals surface area contributed by atoms with Crippen molar-refractivity contribution >= 4 is 22.6 Å². The zero-order valence-electron chi connectivity index (χ0n) is 23.1. The van der Waals surface area contributed by atoms with E-state index in [1.54, 1.807) is 24.5 Å². The van der Waals surface area contributed by atoms with Gasteiger partial charge >= 0.3 is 5.97 Å². The summed E-state index contributed by atoms with van der Waals surface area (Å²) >= 11 is 0. The van der Waals surface area contributed by atoms with Gasteiger partial charge in [-0.15, -0.1) is 0 Å². The number of aromatic carboxylic acids is 1. The van der Waals surface area contributed by atoms with Crippen LogP contribution in [-0.4, -0.2) is 32.8 Å². The number of fused-ring (bicyclic) bond motifs is 5. The normalized spacial score (nSPS) is 20.8. The molecule has 1 fully saturated rings. The maximum absolute atomic E-state index is 15.6. The Morgan fingerprint density at radius 1 is 1.15 bits per heavy atom. The van der Waals surface area contributed by atoms with E-state index in [-0.39, 0.29) is 17.5 Å². The van der Waals surface area contributed by atoms with Gasteiger partial charge < -0.3 is 19.7 Å². The minimum absolute atomic E-state index is 0.202. The van der Waals surface area contributed by atoms with E-state index in [4.69, 9.17) is 4.74 Å². The van der Waals surface area contributed by atoms with Crippen molar-refractivity contribution in [2.45, 2.75) is 77.2 Å². The third-order valence-corrected chi connectivity index (χ3v) is 8.59. The number of halogens is 1. The van der Waals surface area contributed by atoms with Gasteiger partial charge in [0.15, 0.2) is 0 Å². The molecule has 4 aromatic rings. The highest BCUT2D eigenvalue weighted by Crippen LogP contribution is 2.48. The fraction of sp³-hybridized carbons (Fsp3) is 0.394. The standard InChI is InChI=1S/C33H36FN3O3/c1-20(2)28-13-15-37-30-16-22(33(38)39)9-11-26(30)31(24-7-3-4-8-27(24)34)32(37)25-12-10-23(17-29(25)36-28)40-19-21-6-5-14-35-18-21/h5-6,9-12,14,16-18,20,24,27-28,36H,3-4,7-8,13,15,19H2,1-2H3,(H,38,39)/t24?,27-,28?/m0/s1. The van der Waals surface area contributed by atoms with Crippen molar-refractivity contribution in [2.75, 3.05) is 5.32 Å². The number of aromatic nitrogens is 2. The first kappa shape index (κ1) is 26.4. The van der Waals surface area contributed by atoms with E-state index in [9.17, 15) is 9.90 Å². The summed E-state index contributed by atoms with van der Waals surface area (Å²) in [5.41, 5.74) is 6.07. The van der Waals surface area contributed by atoms with E-state index in [0.29, 0.717) is 25.5 Å². The second kappa shape index (κ2) is 11.0. The third kappa shape index (κ3) is 4.93. The number of alkyl halides is 1. The summed E-state index contributed by atoms with van der Waals surface area (Å²) in [5.74, 6) is -0.0586. The van der Waals surface area contributed by atoms with Crippen LogP contribution in [0.5, 0.6) is 5.75 Å². The van der Waals surface area contributed by atoms with Gasteiger partial charge in [-0.2, -0.15) is 0 Å². The van der Waals surface area contributed by atoms with E-state index in [1.165, 1.54) is 0 Å². The number of hydrogen-bond acceptors (Lipinski definition) is 4. The van der Waals surface area contributed by atoms with Crippen molar-refractivity contribution in [3.8, 4) is 17.0 Å². The van der Waals surface area contributed by atoms with E-state index in [0.717, 1.165) is 70.4 Å². The first-order chi connectivity index (χ1) is 19.4. The fourth-order valence-corrected chi connectivity index (χ4v) is 6.45. The second-order valence-electron chi connectivity index (χ2n) is 11.5. The third-order valence-electron chi connectivity index (χ3n) is 8.59. The van der Waals surface area contributed by atoms with Crippen LogP contribution in [0.3, 0.4) is 0 Å². The summed E-state index contributed by atoms with van der Waals surface area (Å²) in [6.45, 7) is 5.54. The monoisotopic (exact) mass is 541 g/mol. The molecular weight excluding hydrogens is 505 g/mol. The molecule has 0 saturated heterocycles. The molecule has 2 unspecified atom stereocenters. The van der Waals surface area contributed by atoms with Gasteiger partial charge in [0.1, 0.15) is 18.5 Å². The molecule has 1 aliphatic heterocycles. The van der Waals surface area contributed by atoms with Crippen molar-refractivity contribution in [1.29, 1.82) is 0 Å². The van der Waals surface area contributed by atoms with Crippen molar-refractivity contribution in [3.63, 3.8) is 0 Å². The van der Waals surface area contributed by atoms with E-state index < -0.39 is 12.1 Å². The lowest BCUT2D eigenvalue weighted by Gasteiger charge is -2.31. The summed E-state index contributed by atoms with van der Waals surface area (Å²) in [6, 6.07) is 15.5. The van der Waals surface area contributed by atoms with E-state index >= 15 is 4.39 Å². The second-order valence-corrected chi connectivity index (χ2v) is 11.5. The summed E-state index contributed by atoms with van der Waals surface area (Å²) < 4.78 is 24.0. The molecule has 0 bridgehead atoms. The SMILES string of the molecule is CC(C)C1CCn2c(c(C3CCCC[C@@H]3F)c3ccc(C(=O)O)cc32)-c2ccc(OCc3cccnc3)cc2N1. The minimum atomic E-state index is -0.955. The Hall–Kier alpha value is -3.87. The average molecular weight is 542 g/mol. The largest absolute Gasteiger partial charge is 0.489 e. The molecule has 2 aliphatic rings. The molecule has 0 amide bonds. The first-order valence-corrected chi connectivity index (χ1v) is 14.4. The molecule has 0 radical (unpaired) electrons. The number of nitrogens with one attached hydrogen (secondary N) is 1. The van der Waals surface area contributed by atoms with E-state index in [1.807, 2.05) is 24.3 Å². The Bertz CT molecular complexity index is 1530. The Labute approximate surface area is 234 Å². The van der Waals surface area contributed by atoms with Gasteiger partial charge in [-0.1, -0.05) is 38.8 Å². The predicted molar refractivity (Wildman–Crippen MR) is 156 cm³/mol. The van der Waals surface area contributed by atoms with Gasteiger partial charge in [-0.25, -0.2) is 9.18 Å². The quantitative estimate of drug-likeness (QED) is 0.260. The fourth-order valence-electron chi connectivity index (χ4n) is 6.45. The van der Waals surface area contributed by atoms with Crippen LogP contribution in [0, 0.1) is 5.92 Å². The molecule has 3 atom stereocenters. The zero-order chi connectivity index (χ0) is 27.8. The van der Waals surface area contributed by atoms with Gasteiger partial charge in [-0.3, -0.25) is 4.98 Å². The predicted octanol–water partition coefficient (Wildman–Crippen LogP) is 7.82. The number of carboxylic acid groups (broad SMARTS) is 1. The van der Waals surface area contributed by atoms with Crippen molar-refractivity contribution in [1.82, 2.24) is 9.55 Å². The van der Waals surface area contributed by atoms with Crippen LogP contribution in [0.2, 0.25) is 0 Å². The van der Waals surface area contributed by atoms with Crippen LogP contribution < -0.4 is 10.1 Å². The lowest BCUT2D eigenvalue weighted by Crippen LogP contribution is -2.29. The van der Waals surface area contributed by atoms with Crippen LogP contribution in [-0.2, 0) is 13.2 Å². The molecule has 2 aromatic carbocycles. The molecule has 40 heavy (non-hydrogen) atoms. The first-order valence-electron chi connectivity index (χ1n) is 14.4. The molecule has 6 rings (SSSR count). The van der Waals surface area contributed by atoms with E-state index in [2.05, 4.69) is 40.8 Å². The molecule has 1 saturated carbocycles. The lowest BCUT2D eigenvalue weighted by molar-refractivity contribution is 0.0697. The van der Waals surface area contributed by atoms with Crippen molar-refractivity contribution < 1.29 is 19.0 Å². The number of rotatable bonds is 6. The summed E-state index contributed by atoms with van der Waals surface area (Å²) in [5, 5.41) is 14.5. The number of ether oxygens (including phenoxy) is 1. The zero-order valence-corrected chi connectivity index (χ0v) is 23.1. The number of carboxylic acids is 1. The number of carbonyl (C=O) groups is 1. The summed E-state index contributed by atoms with van der Waals surface area (Å²) in [7, 11) is 0. The maximum Gasteiger partial charge on any atom is 0.335 e. The van der Waals surface area contributed by atoms with Crippen LogP contribution in [0.4, 0.5) is 10.1 Å². The molecule has 208 valence electrons. The lowest BCUT2D eigenvalue weighted by atomic mass is 9.80. The summed E-state index contributed by atoms with van der Waals surface area (Å²) in [6.07, 6.45) is 6.73. The topological polar surface area (TPSA) is 76.4 Å². The molecule has 7 heteroatoms. The Morgan fingerprint density at radius 3 is 2.75 bits per heavy atom. The molecule has 3 heterocycles. The molecule has 6 nitrogen and oxygen atoms in total. The molecule has 2 aromatic heterocycles. The number of nitrogens with zero attached hydrogens (tertiary/aromatic N) is 2. The van der Waals surface area contributed by atoms with Gasteiger partial charge in [0.05, 0.1) is 11.3 Å². The van der Waals surface area contributed by atoms with Crippen molar-refractivity contribution in [2.24, 2.45) is 5.92 Å². The van der Waals surface area contributed by atoms with Crippen LogP contribution in [0.25, 0.3) is 22.2 Å². The number of aryl methyl sites for hydroxylation is 1. The molecule has 2 N–H and O–H groups in total. The number of anilines is 1. The maximum atomic E-state index is 15.6. The number of benzene rings is 2. The van der Waals surface area contributed by atoms with Crippen LogP contribution >= 0.6 is 0 Å². The smallest absolute Gasteiger partial charge is 0.335 e. The highest BCUT2D eigenvalue weighted by Gasteiger charge is 2.34. The van der Waals surface area contributed by atoms with Gasteiger partial charge in [-0.05, 0) is 61.1 Å². The number of pyridine rings is 1. The summed E-state index contributed by atoms with van der Waals surface area (Å²) in [4.78, 5) is 16.1. The number of hydrogen-bond donors (Lipinski definition) is 2. The van der Waals surface area contributed by atoms with Crippen LogP contribution in [0.1, 0.15) is 73.4 Å². The minimum Gasteiger partial charge on any atom is -0.489 e. The molecule has 1 aliphatic carbocycles.